The summed E-state index contributed by atoms with van der Waals surface area (Å²) in [5.41, 5.74) is 1.78. The quantitative estimate of drug-likeness (QED) is 0.817. The van der Waals surface area contributed by atoms with Crippen LogP contribution in [0, 0.1) is 6.92 Å². The Labute approximate surface area is 139 Å². The normalized spacial score (nSPS) is 11.7. The van der Waals surface area contributed by atoms with E-state index in [0.29, 0.717) is 6.42 Å². The predicted molar refractivity (Wildman–Crippen MR) is 92.8 cm³/mol. The molecule has 2 N–H and O–H groups in total. The Bertz CT molecular complexity index is 656. The largest absolute Gasteiger partial charge is 0.459 e. The Balaban J connectivity index is 2.04. The second-order valence-electron chi connectivity index (χ2n) is 5.14. The van der Waals surface area contributed by atoms with Gasteiger partial charge in [-0.3, -0.25) is 9.59 Å². The van der Waals surface area contributed by atoms with Gasteiger partial charge in [0.2, 0.25) is 5.91 Å². The first-order chi connectivity index (χ1) is 11.1. The molecule has 0 spiro atoms. The maximum absolute atomic E-state index is 12.5. The van der Waals surface area contributed by atoms with Crippen LogP contribution in [-0.2, 0) is 4.79 Å². The number of amides is 2. The Kier molecular flexibility index (Phi) is 6.29. The van der Waals surface area contributed by atoms with Gasteiger partial charge in [-0.15, -0.1) is 0 Å². The molecule has 5 nitrogen and oxygen atoms in total. The van der Waals surface area contributed by atoms with E-state index in [1.807, 2.05) is 37.4 Å². The van der Waals surface area contributed by atoms with E-state index in [1.165, 1.54) is 6.26 Å². The lowest BCUT2D eigenvalue weighted by molar-refractivity contribution is -0.118. The van der Waals surface area contributed by atoms with Crippen LogP contribution in [0.1, 0.15) is 22.5 Å². The lowest BCUT2D eigenvalue weighted by atomic mass is 10.1. The molecular formula is C17H20N2O3S. The number of aryl methyl sites for hydroxylation is 1. The molecule has 23 heavy (non-hydrogen) atoms. The summed E-state index contributed by atoms with van der Waals surface area (Å²) < 4.78 is 5.07. The molecule has 2 amide bonds. The highest BCUT2D eigenvalue weighted by molar-refractivity contribution is 7.98. The van der Waals surface area contributed by atoms with Crippen LogP contribution in [0.5, 0.6) is 0 Å². The Morgan fingerprint density at radius 1 is 1.26 bits per heavy atom. The zero-order valence-corrected chi connectivity index (χ0v) is 14.0. The molecule has 1 aromatic heterocycles. The number of nitrogens with one attached hydrogen (secondary N) is 2. The molecule has 1 heterocycles. The fourth-order valence-corrected chi connectivity index (χ4v) is 2.57. The summed E-state index contributed by atoms with van der Waals surface area (Å²) in [4.78, 5) is 24.6. The topological polar surface area (TPSA) is 71.3 Å². The van der Waals surface area contributed by atoms with Crippen molar-refractivity contribution in [2.24, 2.45) is 0 Å². The van der Waals surface area contributed by atoms with Crippen LogP contribution in [-0.4, -0.2) is 29.9 Å². The number of carbonyl (C=O) groups is 2. The molecule has 0 aliphatic carbocycles. The summed E-state index contributed by atoms with van der Waals surface area (Å²) >= 11 is 1.63. The molecule has 1 aromatic carbocycles. The van der Waals surface area contributed by atoms with Gasteiger partial charge in [0.1, 0.15) is 6.04 Å². The van der Waals surface area contributed by atoms with Crippen molar-refractivity contribution in [3.05, 3.63) is 54.0 Å². The van der Waals surface area contributed by atoms with Crippen molar-refractivity contribution in [1.29, 1.82) is 0 Å². The maximum atomic E-state index is 12.5. The fraction of sp³-hybridized carbons (Fsp3) is 0.294. The van der Waals surface area contributed by atoms with Gasteiger partial charge in [-0.25, -0.2) is 0 Å². The highest BCUT2D eigenvalue weighted by Gasteiger charge is 2.22. The molecule has 1 atom stereocenters. The summed E-state index contributed by atoms with van der Waals surface area (Å²) in [7, 11) is 0. The zero-order chi connectivity index (χ0) is 16.7. The first-order valence-electron chi connectivity index (χ1n) is 7.31. The van der Waals surface area contributed by atoms with E-state index < -0.39 is 6.04 Å². The van der Waals surface area contributed by atoms with Crippen molar-refractivity contribution < 1.29 is 14.0 Å². The van der Waals surface area contributed by atoms with Gasteiger partial charge in [0.25, 0.3) is 5.91 Å². The number of hydrogen-bond acceptors (Lipinski definition) is 4. The predicted octanol–water partition coefficient (Wildman–Crippen LogP) is 3.08. The second kappa shape index (κ2) is 8.43. The van der Waals surface area contributed by atoms with Crippen LogP contribution < -0.4 is 10.6 Å². The van der Waals surface area contributed by atoms with E-state index in [9.17, 15) is 9.59 Å². The number of rotatable bonds is 7. The monoisotopic (exact) mass is 332 g/mol. The van der Waals surface area contributed by atoms with Crippen molar-refractivity contribution in [2.75, 3.05) is 17.3 Å². The van der Waals surface area contributed by atoms with Gasteiger partial charge in [0.05, 0.1) is 6.26 Å². The third-order valence-corrected chi connectivity index (χ3v) is 3.91. The number of benzene rings is 1. The van der Waals surface area contributed by atoms with Crippen LogP contribution in [0.15, 0.2) is 47.1 Å². The molecule has 2 rings (SSSR count). The highest BCUT2D eigenvalue weighted by Crippen LogP contribution is 2.12. The SMILES string of the molecule is CSCC[C@@H](NC(=O)c1ccco1)C(=O)Nc1cccc(C)c1. The molecule has 2 aromatic rings. The Morgan fingerprint density at radius 2 is 2.09 bits per heavy atom. The summed E-state index contributed by atoms with van der Waals surface area (Å²) in [5, 5.41) is 5.58. The summed E-state index contributed by atoms with van der Waals surface area (Å²) in [6.07, 6.45) is 3.94. The smallest absolute Gasteiger partial charge is 0.287 e. The first kappa shape index (κ1) is 17.1. The summed E-state index contributed by atoms with van der Waals surface area (Å²) in [6, 6.07) is 10.1. The standard InChI is InChI=1S/C17H20N2O3S/c1-12-5-3-6-13(11-12)18-16(20)14(8-10-23-2)19-17(21)15-7-4-9-22-15/h3-7,9,11,14H,8,10H2,1-2H3,(H,18,20)(H,19,21)/t14-/m1/s1. The minimum Gasteiger partial charge on any atom is -0.459 e. The number of furan rings is 1. The van der Waals surface area contributed by atoms with E-state index in [2.05, 4.69) is 10.6 Å². The molecule has 6 heteroatoms. The third kappa shape index (κ3) is 5.17. The fourth-order valence-electron chi connectivity index (χ4n) is 2.09. The average Bonchev–Trinajstić information content (AvgIpc) is 3.05. The van der Waals surface area contributed by atoms with Crippen LogP contribution in [0.4, 0.5) is 5.69 Å². The van der Waals surface area contributed by atoms with E-state index >= 15 is 0 Å². The van der Waals surface area contributed by atoms with E-state index in [-0.39, 0.29) is 17.6 Å². The summed E-state index contributed by atoms with van der Waals surface area (Å²) in [5.74, 6) is 0.345. The van der Waals surface area contributed by atoms with E-state index in [1.54, 1.807) is 23.9 Å². The van der Waals surface area contributed by atoms with Crippen molar-refractivity contribution >= 4 is 29.3 Å². The average molecular weight is 332 g/mol. The lowest BCUT2D eigenvalue weighted by Gasteiger charge is -2.17. The van der Waals surface area contributed by atoms with Crippen molar-refractivity contribution in [2.45, 2.75) is 19.4 Å². The molecular weight excluding hydrogens is 312 g/mol. The maximum Gasteiger partial charge on any atom is 0.287 e. The van der Waals surface area contributed by atoms with Crippen molar-refractivity contribution in [3.63, 3.8) is 0 Å². The van der Waals surface area contributed by atoms with Gasteiger partial charge in [-0.05, 0) is 55.2 Å². The number of hydrogen-bond donors (Lipinski definition) is 2. The molecule has 0 saturated carbocycles. The van der Waals surface area contributed by atoms with Gasteiger partial charge in [0, 0.05) is 5.69 Å². The van der Waals surface area contributed by atoms with E-state index in [4.69, 9.17) is 4.42 Å². The Hall–Kier alpha value is -2.21. The molecule has 0 unspecified atom stereocenters. The molecule has 0 aliphatic rings. The van der Waals surface area contributed by atoms with Gasteiger partial charge < -0.3 is 15.1 Å². The van der Waals surface area contributed by atoms with Gasteiger partial charge in [-0.1, -0.05) is 12.1 Å². The first-order valence-corrected chi connectivity index (χ1v) is 8.70. The zero-order valence-electron chi connectivity index (χ0n) is 13.2. The molecule has 0 saturated heterocycles. The molecule has 0 fully saturated rings. The molecule has 0 bridgehead atoms. The number of thioether (sulfide) groups is 1. The third-order valence-electron chi connectivity index (χ3n) is 3.26. The highest BCUT2D eigenvalue weighted by atomic mass is 32.2. The second-order valence-corrected chi connectivity index (χ2v) is 6.13. The van der Waals surface area contributed by atoms with Crippen LogP contribution >= 0.6 is 11.8 Å². The van der Waals surface area contributed by atoms with Crippen LogP contribution in [0.3, 0.4) is 0 Å². The van der Waals surface area contributed by atoms with Crippen molar-refractivity contribution in [3.8, 4) is 0 Å². The summed E-state index contributed by atoms with van der Waals surface area (Å²) in [6.45, 7) is 1.96. The lowest BCUT2D eigenvalue weighted by Crippen LogP contribution is -2.44. The van der Waals surface area contributed by atoms with E-state index in [0.717, 1.165) is 17.0 Å². The molecule has 0 radical (unpaired) electrons. The van der Waals surface area contributed by atoms with Gasteiger partial charge >= 0.3 is 0 Å². The molecule has 122 valence electrons. The minimum absolute atomic E-state index is 0.197. The van der Waals surface area contributed by atoms with Gasteiger partial charge in [0.15, 0.2) is 5.76 Å². The minimum atomic E-state index is -0.611. The van der Waals surface area contributed by atoms with Gasteiger partial charge in [-0.2, -0.15) is 11.8 Å². The molecule has 0 aliphatic heterocycles. The Morgan fingerprint density at radius 3 is 2.74 bits per heavy atom. The van der Waals surface area contributed by atoms with Crippen LogP contribution in [0.2, 0.25) is 0 Å². The number of anilines is 1. The van der Waals surface area contributed by atoms with Crippen LogP contribution in [0.25, 0.3) is 0 Å². The number of carbonyl (C=O) groups excluding carboxylic acids is 2. The van der Waals surface area contributed by atoms with Crippen molar-refractivity contribution in [1.82, 2.24) is 5.32 Å².